The molecule has 0 spiro atoms. The van der Waals surface area contributed by atoms with Gasteiger partial charge in [0.15, 0.2) is 0 Å². The Hall–Kier alpha value is -1.98. The Balaban J connectivity index is 1.88. The van der Waals surface area contributed by atoms with Gasteiger partial charge in [-0.25, -0.2) is 8.78 Å². The molecule has 0 radical (unpaired) electrons. The van der Waals surface area contributed by atoms with Crippen LogP contribution < -0.4 is 10.6 Å². The van der Waals surface area contributed by atoms with E-state index in [1.807, 2.05) is 0 Å². The van der Waals surface area contributed by atoms with E-state index >= 15 is 0 Å². The summed E-state index contributed by atoms with van der Waals surface area (Å²) in [5, 5.41) is 6.16. The molecule has 0 saturated heterocycles. The lowest BCUT2D eigenvalue weighted by molar-refractivity contribution is -0.115. The number of halogens is 3. The number of anilines is 1. The monoisotopic (exact) mass is 324 g/mol. The summed E-state index contributed by atoms with van der Waals surface area (Å²) in [6.45, 7) is 1.70. The largest absolute Gasteiger partial charge is 0.325 e. The normalized spacial score (nSPS) is 12.0. The topological polar surface area (TPSA) is 41.1 Å². The van der Waals surface area contributed by atoms with Crippen LogP contribution in [0.3, 0.4) is 0 Å². The first-order valence-corrected chi connectivity index (χ1v) is 7.07. The molecule has 2 rings (SSSR count). The summed E-state index contributed by atoms with van der Waals surface area (Å²) in [6.07, 6.45) is 0. The van der Waals surface area contributed by atoms with Gasteiger partial charge in [0.2, 0.25) is 5.91 Å². The molecule has 0 heterocycles. The molecule has 0 fully saturated rings. The zero-order valence-electron chi connectivity index (χ0n) is 11.9. The van der Waals surface area contributed by atoms with Crippen molar-refractivity contribution in [3.8, 4) is 0 Å². The van der Waals surface area contributed by atoms with Gasteiger partial charge in [-0.1, -0.05) is 17.7 Å². The van der Waals surface area contributed by atoms with E-state index in [4.69, 9.17) is 11.6 Å². The van der Waals surface area contributed by atoms with Gasteiger partial charge in [0.25, 0.3) is 0 Å². The molecule has 0 aromatic heterocycles. The van der Waals surface area contributed by atoms with E-state index in [1.165, 1.54) is 12.1 Å². The molecule has 2 N–H and O–H groups in total. The first-order valence-electron chi connectivity index (χ1n) is 6.69. The maximum Gasteiger partial charge on any atom is 0.238 e. The van der Waals surface area contributed by atoms with Crippen molar-refractivity contribution in [2.75, 3.05) is 11.9 Å². The van der Waals surface area contributed by atoms with Crippen molar-refractivity contribution in [2.24, 2.45) is 0 Å². The van der Waals surface area contributed by atoms with Crippen LogP contribution in [0.5, 0.6) is 0 Å². The summed E-state index contributed by atoms with van der Waals surface area (Å²) in [4.78, 5) is 11.8. The third-order valence-corrected chi connectivity index (χ3v) is 3.38. The minimum absolute atomic E-state index is 0.000605. The minimum atomic E-state index is -0.641. The van der Waals surface area contributed by atoms with Gasteiger partial charge in [-0.15, -0.1) is 0 Å². The fourth-order valence-electron chi connectivity index (χ4n) is 1.95. The number of rotatable bonds is 5. The number of carbonyl (C=O) groups is 1. The van der Waals surface area contributed by atoms with Gasteiger partial charge in [0, 0.05) is 28.4 Å². The van der Waals surface area contributed by atoms with Gasteiger partial charge in [0.05, 0.1) is 6.54 Å². The molecule has 0 aliphatic heterocycles. The Morgan fingerprint density at radius 2 is 1.86 bits per heavy atom. The summed E-state index contributed by atoms with van der Waals surface area (Å²) in [7, 11) is 0. The van der Waals surface area contributed by atoms with Gasteiger partial charge < -0.3 is 10.6 Å². The Bertz CT molecular complexity index is 662. The third kappa shape index (κ3) is 4.51. The van der Waals surface area contributed by atoms with E-state index in [-0.39, 0.29) is 12.5 Å². The van der Waals surface area contributed by atoms with Crippen molar-refractivity contribution >= 4 is 23.2 Å². The molecule has 116 valence electrons. The first-order chi connectivity index (χ1) is 10.5. The molecule has 0 aliphatic carbocycles. The van der Waals surface area contributed by atoms with Crippen LogP contribution in [-0.2, 0) is 4.79 Å². The molecule has 2 aromatic rings. The van der Waals surface area contributed by atoms with Crippen LogP contribution in [0.2, 0.25) is 5.02 Å². The Kier molecular flexibility index (Phi) is 5.46. The van der Waals surface area contributed by atoms with E-state index in [2.05, 4.69) is 10.6 Å². The summed E-state index contributed by atoms with van der Waals surface area (Å²) >= 11 is 5.76. The minimum Gasteiger partial charge on any atom is -0.325 e. The zero-order chi connectivity index (χ0) is 16.1. The molecule has 0 saturated carbocycles. The summed E-state index contributed by atoms with van der Waals surface area (Å²) in [6, 6.07) is 9.65. The SMILES string of the molecule is C[C@H](NCC(=O)Nc1ccc(Cl)cc1)c1ccc(F)cc1F. The van der Waals surface area contributed by atoms with Gasteiger partial charge in [-0.2, -0.15) is 0 Å². The maximum absolute atomic E-state index is 13.6. The number of amides is 1. The van der Waals surface area contributed by atoms with Crippen molar-refractivity contribution in [1.82, 2.24) is 5.32 Å². The number of hydrogen-bond donors (Lipinski definition) is 2. The molecule has 3 nitrogen and oxygen atoms in total. The average Bonchev–Trinajstić information content (AvgIpc) is 2.47. The van der Waals surface area contributed by atoms with Crippen LogP contribution in [-0.4, -0.2) is 12.5 Å². The van der Waals surface area contributed by atoms with Crippen molar-refractivity contribution in [1.29, 1.82) is 0 Å². The van der Waals surface area contributed by atoms with E-state index in [0.717, 1.165) is 6.07 Å². The van der Waals surface area contributed by atoms with Crippen molar-refractivity contribution in [3.63, 3.8) is 0 Å². The fourth-order valence-corrected chi connectivity index (χ4v) is 2.07. The highest BCUT2D eigenvalue weighted by Gasteiger charge is 2.12. The first kappa shape index (κ1) is 16.4. The van der Waals surface area contributed by atoms with E-state index in [1.54, 1.807) is 31.2 Å². The molecule has 6 heteroatoms. The molecule has 0 unspecified atom stereocenters. The Morgan fingerprint density at radius 1 is 1.18 bits per heavy atom. The highest BCUT2D eigenvalue weighted by atomic mass is 35.5. The summed E-state index contributed by atoms with van der Waals surface area (Å²) in [5.41, 5.74) is 0.928. The van der Waals surface area contributed by atoms with Crippen molar-refractivity contribution in [3.05, 3.63) is 64.7 Å². The predicted octanol–water partition coefficient (Wildman–Crippen LogP) is 3.91. The van der Waals surface area contributed by atoms with Crippen LogP contribution in [0.1, 0.15) is 18.5 Å². The number of nitrogens with one attached hydrogen (secondary N) is 2. The maximum atomic E-state index is 13.6. The standard InChI is InChI=1S/C16H15ClF2N2O/c1-10(14-7-4-12(18)8-15(14)19)20-9-16(22)21-13-5-2-11(17)3-6-13/h2-8,10,20H,9H2,1H3,(H,21,22)/t10-/m0/s1. The Morgan fingerprint density at radius 3 is 2.50 bits per heavy atom. The number of carbonyl (C=O) groups excluding carboxylic acids is 1. The third-order valence-electron chi connectivity index (χ3n) is 3.13. The van der Waals surface area contributed by atoms with Crippen LogP contribution in [0.25, 0.3) is 0 Å². The zero-order valence-corrected chi connectivity index (χ0v) is 12.6. The lowest BCUT2D eigenvalue weighted by Crippen LogP contribution is -2.30. The number of benzene rings is 2. The second kappa shape index (κ2) is 7.33. The smallest absolute Gasteiger partial charge is 0.238 e. The summed E-state index contributed by atoms with van der Waals surface area (Å²) < 4.78 is 26.5. The molecular formula is C16H15ClF2N2O. The van der Waals surface area contributed by atoms with Crippen LogP contribution in [0, 0.1) is 11.6 Å². The molecule has 2 aromatic carbocycles. The lowest BCUT2D eigenvalue weighted by atomic mass is 10.1. The van der Waals surface area contributed by atoms with Crippen molar-refractivity contribution < 1.29 is 13.6 Å². The molecular weight excluding hydrogens is 310 g/mol. The quantitative estimate of drug-likeness (QED) is 0.875. The van der Waals surface area contributed by atoms with Crippen LogP contribution >= 0.6 is 11.6 Å². The van der Waals surface area contributed by atoms with E-state index < -0.39 is 17.7 Å². The van der Waals surface area contributed by atoms with Gasteiger partial charge in [0.1, 0.15) is 11.6 Å². The number of hydrogen-bond acceptors (Lipinski definition) is 2. The molecule has 22 heavy (non-hydrogen) atoms. The highest BCUT2D eigenvalue weighted by Crippen LogP contribution is 2.17. The van der Waals surface area contributed by atoms with Gasteiger partial charge >= 0.3 is 0 Å². The van der Waals surface area contributed by atoms with Crippen LogP contribution in [0.4, 0.5) is 14.5 Å². The van der Waals surface area contributed by atoms with Gasteiger partial charge in [-0.05, 0) is 37.3 Å². The second-order valence-electron chi connectivity index (χ2n) is 4.82. The second-order valence-corrected chi connectivity index (χ2v) is 5.26. The van der Waals surface area contributed by atoms with Crippen LogP contribution in [0.15, 0.2) is 42.5 Å². The molecule has 0 bridgehead atoms. The Labute approximate surface area is 132 Å². The lowest BCUT2D eigenvalue weighted by Gasteiger charge is -2.15. The fraction of sp³-hybridized carbons (Fsp3) is 0.188. The van der Waals surface area contributed by atoms with Gasteiger partial charge in [-0.3, -0.25) is 4.79 Å². The predicted molar refractivity (Wildman–Crippen MR) is 82.9 cm³/mol. The average molecular weight is 325 g/mol. The van der Waals surface area contributed by atoms with E-state index in [0.29, 0.717) is 16.3 Å². The molecule has 1 amide bonds. The highest BCUT2D eigenvalue weighted by molar-refractivity contribution is 6.30. The molecule has 1 atom stereocenters. The van der Waals surface area contributed by atoms with Crippen molar-refractivity contribution in [2.45, 2.75) is 13.0 Å². The van der Waals surface area contributed by atoms with E-state index in [9.17, 15) is 13.6 Å². The summed E-state index contributed by atoms with van der Waals surface area (Å²) in [5.74, 6) is -1.54. The molecule has 0 aliphatic rings.